The molecule has 0 radical (unpaired) electrons. The number of aromatic nitrogens is 2. The number of anilines is 1. The number of nitrogens with zero attached hydrogens (tertiary/aromatic N) is 3. The molecule has 3 rings (SSSR count). The van der Waals surface area contributed by atoms with E-state index < -0.39 is 0 Å². The van der Waals surface area contributed by atoms with Crippen molar-refractivity contribution in [1.29, 1.82) is 0 Å². The van der Waals surface area contributed by atoms with E-state index in [1.165, 1.54) is 0 Å². The van der Waals surface area contributed by atoms with Crippen LogP contribution in [0, 0.1) is 0 Å². The number of hydrogen-bond acceptors (Lipinski definition) is 6. The molecule has 1 aliphatic heterocycles. The monoisotopic (exact) mass is 278 g/mol. The smallest absolute Gasteiger partial charge is 0.410 e. The van der Waals surface area contributed by atoms with Gasteiger partial charge in [-0.2, -0.15) is 0 Å². The number of hydrogen-bond donors (Lipinski definition) is 1. The second-order valence-electron chi connectivity index (χ2n) is 4.19. The first-order chi connectivity index (χ1) is 9.28. The molecule has 0 saturated carbocycles. The SMILES string of the molecule is CCNc1nc(CN2CCOC2=O)nc2sccc12. The molecule has 100 valence electrons. The molecular formula is C12H14N4O2S. The zero-order valence-corrected chi connectivity index (χ0v) is 11.4. The highest BCUT2D eigenvalue weighted by Gasteiger charge is 2.23. The maximum Gasteiger partial charge on any atom is 0.410 e. The fourth-order valence-corrected chi connectivity index (χ4v) is 2.80. The molecule has 1 aliphatic rings. The van der Waals surface area contributed by atoms with Crippen LogP contribution in [-0.4, -0.2) is 40.7 Å². The molecule has 7 heteroatoms. The van der Waals surface area contributed by atoms with E-state index in [0.717, 1.165) is 22.6 Å². The lowest BCUT2D eigenvalue weighted by atomic mass is 10.3. The van der Waals surface area contributed by atoms with E-state index >= 15 is 0 Å². The number of carbonyl (C=O) groups excluding carboxylic acids is 1. The summed E-state index contributed by atoms with van der Waals surface area (Å²) in [6.45, 7) is 4.26. The first kappa shape index (κ1) is 12.2. The second kappa shape index (κ2) is 5.00. The summed E-state index contributed by atoms with van der Waals surface area (Å²) in [7, 11) is 0. The van der Waals surface area contributed by atoms with Gasteiger partial charge in [0.25, 0.3) is 0 Å². The minimum Gasteiger partial charge on any atom is -0.448 e. The summed E-state index contributed by atoms with van der Waals surface area (Å²) >= 11 is 1.57. The first-order valence-corrected chi connectivity index (χ1v) is 7.05. The van der Waals surface area contributed by atoms with Gasteiger partial charge in [0.2, 0.25) is 0 Å². The van der Waals surface area contributed by atoms with Gasteiger partial charge in [-0.25, -0.2) is 14.8 Å². The van der Waals surface area contributed by atoms with E-state index in [-0.39, 0.29) is 6.09 Å². The van der Waals surface area contributed by atoms with E-state index in [0.29, 0.717) is 25.5 Å². The van der Waals surface area contributed by atoms with Crippen LogP contribution in [0.4, 0.5) is 10.6 Å². The highest BCUT2D eigenvalue weighted by molar-refractivity contribution is 7.16. The van der Waals surface area contributed by atoms with Crippen molar-refractivity contribution in [3.8, 4) is 0 Å². The van der Waals surface area contributed by atoms with Crippen molar-refractivity contribution >= 4 is 33.5 Å². The average molecular weight is 278 g/mol. The third-order valence-corrected chi connectivity index (χ3v) is 3.70. The zero-order chi connectivity index (χ0) is 13.2. The first-order valence-electron chi connectivity index (χ1n) is 6.17. The minimum absolute atomic E-state index is 0.292. The summed E-state index contributed by atoms with van der Waals surface area (Å²) in [5.74, 6) is 1.47. The van der Waals surface area contributed by atoms with Gasteiger partial charge in [-0.05, 0) is 18.4 Å². The summed E-state index contributed by atoms with van der Waals surface area (Å²) in [5, 5.41) is 6.26. The van der Waals surface area contributed by atoms with Crippen LogP contribution in [0.3, 0.4) is 0 Å². The van der Waals surface area contributed by atoms with Crippen molar-refractivity contribution in [3.63, 3.8) is 0 Å². The van der Waals surface area contributed by atoms with E-state index in [9.17, 15) is 4.79 Å². The summed E-state index contributed by atoms with van der Waals surface area (Å²) in [6.07, 6.45) is -0.292. The van der Waals surface area contributed by atoms with E-state index in [2.05, 4.69) is 15.3 Å². The molecule has 6 nitrogen and oxygen atoms in total. The highest BCUT2D eigenvalue weighted by Crippen LogP contribution is 2.25. The van der Waals surface area contributed by atoms with Gasteiger partial charge in [-0.3, -0.25) is 4.90 Å². The Balaban J connectivity index is 1.92. The van der Waals surface area contributed by atoms with E-state index in [4.69, 9.17) is 4.74 Å². The lowest BCUT2D eigenvalue weighted by Crippen LogP contribution is -2.24. The quantitative estimate of drug-likeness (QED) is 0.927. The summed E-state index contributed by atoms with van der Waals surface area (Å²) < 4.78 is 4.91. The van der Waals surface area contributed by atoms with Gasteiger partial charge in [-0.15, -0.1) is 11.3 Å². The van der Waals surface area contributed by atoms with Crippen molar-refractivity contribution in [2.75, 3.05) is 25.0 Å². The fraction of sp³-hybridized carbons (Fsp3) is 0.417. The molecule has 0 unspecified atom stereocenters. The number of carbonyl (C=O) groups is 1. The maximum absolute atomic E-state index is 11.4. The Morgan fingerprint density at radius 3 is 3.16 bits per heavy atom. The third-order valence-electron chi connectivity index (χ3n) is 2.89. The molecule has 0 atom stereocenters. The Kier molecular flexibility index (Phi) is 3.20. The zero-order valence-electron chi connectivity index (χ0n) is 10.5. The molecule has 0 aromatic carbocycles. The van der Waals surface area contributed by atoms with Crippen LogP contribution < -0.4 is 5.32 Å². The predicted molar refractivity (Wildman–Crippen MR) is 73.3 cm³/mol. The molecule has 0 aliphatic carbocycles. The van der Waals surface area contributed by atoms with Gasteiger partial charge in [0.05, 0.1) is 18.5 Å². The van der Waals surface area contributed by atoms with Crippen LogP contribution in [0.5, 0.6) is 0 Å². The number of thiophene rings is 1. The molecule has 1 N–H and O–H groups in total. The molecular weight excluding hydrogens is 264 g/mol. The molecule has 2 aromatic heterocycles. The normalized spacial score (nSPS) is 15.0. The minimum atomic E-state index is -0.292. The Hall–Kier alpha value is -1.89. The lowest BCUT2D eigenvalue weighted by molar-refractivity contribution is 0.156. The third kappa shape index (κ3) is 2.33. The Morgan fingerprint density at radius 2 is 2.42 bits per heavy atom. The van der Waals surface area contributed by atoms with Gasteiger partial charge >= 0.3 is 6.09 Å². The molecule has 3 heterocycles. The Bertz CT molecular complexity index is 613. The van der Waals surface area contributed by atoms with Gasteiger partial charge in [0.1, 0.15) is 17.3 Å². The average Bonchev–Trinajstić information content (AvgIpc) is 3.00. The van der Waals surface area contributed by atoms with Crippen LogP contribution in [0.25, 0.3) is 10.2 Å². The van der Waals surface area contributed by atoms with Gasteiger partial charge in [0.15, 0.2) is 5.82 Å². The van der Waals surface area contributed by atoms with Crippen molar-refractivity contribution in [1.82, 2.24) is 14.9 Å². The summed E-state index contributed by atoms with van der Waals surface area (Å²) in [5.41, 5.74) is 0. The molecule has 2 aromatic rings. The Morgan fingerprint density at radius 1 is 1.53 bits per heavy atom. The fourth-order valence-electron chi connectivity index (χ4n) is 2.01. The number of amides is 1. The van der Waals surface area contributed by atoms with Crippen LogP contribution in [0.1, 0.15) is 12.7 Å². The second-order valence-corrected chi connectivity index (χ2v) is 5.09. The van der Waals surface area contributed by atoms with E-state index in [1.54, 1.807) is 16.2 Å². The topological polar surface area (TPSA) is 67.3 Å². The summed E-state index contributed by atoms with van der Waals surface area (Å²) in [4.78, 5) is 23.0. The number of fused-ring (bicyclic) bond motifs is 1. The van der Waals surface area contributed by atoms with Crippen molar-refractivity contribution in [2.45, 2.75) is 13.5 Å². The maximum atomic E-state index is 11.4. The van der Waals surface area contributed by atoms with Gasteiger partial charge in [0, 0.05) is 6.54 Å². The van der Waals surface area contributed by atoms with Crippen LogP contribution in [0.15, 0.2) is 11.4 Å². The number of cyclic esters (lactones) is 1. The largest absolute Gasteiger partial charge is 0.448 e. The molecule has 1 fully saturated rings. The number of ether oxygens (including phenoxy) is 1. The lowest BCUT2D eigenvalue weighted by Gasteiger charge is -2.12. The van der Waals surface area contributed by atoms with Crippen LogP contribution in [-0.2, 0) is 11.3 Å². The number of nitrogens with one attached hydrogen (secondary N) is 1. The Labute approximate surface area is 114 Å². The van der Waals surface area contributed by atoms with Crippen molar-refractivity contribution in [2.24, 2.45) is 0 Å². The number of rotatable bonds is 4. The molecule has 19 heavy (non-hydrogen) atoms. The molecule has 1 amide bonds. The van der Waals surface area contributed by atoms with Crippen LogP contribution in [0.2, 0.25) is 0 Å². The molecule has 0 spiro atoms. The van der Waals surface area contributed by atoms with Crippen LogP contribution >= 0.6 is 11.3 Å². The predicted octanol–water partition coefficient (Wildman–Crippen LogP) is 2.08. The summed E-state index contributed by atoms with van der Waals surface area (Å²) in [6, 6.07) is 2.01. The molecule has 1 saturated heterocycles. The standard InChI is InChI=1S/C12H14N4O2S/c1-2-13-10-8-3-6-19-11(8)15-9(14-10)7-16-4-5-18-12(16)17/h3,6H,2,4-5,7H2,1H3,(H,13,14,15). The highest BCUT2D eigenvalue weighted by atomic mass is 32.1. The van der Waals surface area contributed by atoms with E-state index in [1.807, 2.05) is 18.4 Å². The van der Waals surface area contributed by atoms with Crippen molar-refractivity contribution < 1.29 is 9.53 Å². The van der Waals surface area contributed by atoms with Gasteiger partial charge in [-0.1, -0.05) is 0 Å². The van der Waals surface area contributed by atoms with Crippen molar-refractivity contribution in [3.05, 3.63) is 17.3 Å². The molecule has 0 bridgehead atoms. The van der Waals surface area contributed by atoms with Gasteiger partial charge < -0.3 is 10.1 Å².